The first-order valence-electron chi connectivity index (χ1n) is 11.0. The van der Waals surface area contributed by atoms with Gasteiger partial charge in [-0.25, -0.2) is 0 Å². The Balaban J connectivity index is 1.73. The fourth-order valence-electron chi connectivity index (χ4n) is 4.07. The second-order valence-electron chi connectivity index (χ2n) is 8.29. The van der Waals surface area contributed by atoms with Crippen LogP contribution in [0.4, 0.5) is 24.5 Å². The molecule has 0 saturated carbocycles. The molecule has 2 aromatic rings. The lowest BCUT2D eigenvalue weighted by Gasteiger charge is -2.40. The number of halogens is 5. The molecular formula is C24H26Cl2F3N3O3. The summed E-state index contributed by atoms with van der Waals surface area (Å²) in [6.07, 6.45) is -5.07. The monoisotopic (exact) mass is 531 g/mol. The van der Waals surface area contributed by atoms with Gasteiger partial charge in [0.25, 0.3) is 0 Å². The Labute approximate surface area is 212 Å². The fourth-order valence-corrected chi connectivity index (χ4v) is 4.65. The number of hydrogen-bond acceptors (Lipinski definition) is 4. The Kier molecular flexibility index (Phi) is 8.43. The van der Waals surface area contributed by atoms with Crippen LogP contribution in [0.25, 0.3) is 0 Å². The molecule has 35 heavy (non-hydrogen) atoms. The third-order valence-corrected chi connectivity index (χ3v) is 6.77. The summed E-state index contributed by atoms with van der Waals surface area (Å²) in [5.74, 6) is -2.73. The molecule has 0 spiro atoms. The molecular weight excluding hydrogens is 506 g/mol. The average molecular weight is 532 g/mol. The largest absolute Gasteiger partial charge is 0.495 e. The van der Waals surface area contributed by atoms with Gasteiger partial charge in [0.05, 0.1) is 28.8 Å². The first-order valence-corrected chi connectivity index (χ1v) is 11.7. The summed E-state index contributed by atoms with van der Waals surface area (Å²) >= 11 is 12.5. The van der Waals surface area contributed by atoms with Gasteiger partial charge in [-0.3, -0.25) is 9.59 Å². The highest BCUT2D eigenvalue weighted by Gasteiger charge is 2.46. The lowest BCUT2D eigenvalue weighted by atomic mass is 9.98. The van der Waals surface area contributed by atoms with Gasteiger partial charge in [-0.05, 0) is 25.1 Å². The van der Waals surface area contributed by atoms with Crippen molar-refractivity contribution in [3.8, 4) is 5.75 Å². The Morgan fingerprint density at radius 3 is 2.14 bits per heavy atom. The lowest BCUT2D eigenvalue weighted by molar-refractivity contribution is -0.171. The van der Waals surface area contributed by atoms with Gasteiger partial charge >= 0.3 is 12.1 Å². The second-order valence-corrected chi connectivity index (χ2v) is 9.10. The van der Waals surface area contributed by atoms with Crippen LogP contribution in [0.15, 0.2) is 42.5 Å². The third kappa shape index (κ3) is 5.95. The van der Waals surface area contributed by atoms with E-state index in [1.807, 2.05) is 4.90 Å². The van der Waals surface area contributed by atoms with E-state index in [1.165, 1.54) is 26.2 Å². The molecule has 2 atom stereocenters. The van der Waals surface area contributed by atoms with Crippen LogP contribution in [-0.4, -0.2) is 62.2 Å². The van der Waals surface area contributed by atoms with E-state index in [4.69, 9.17) is 27.9 Å². The number of carbonyl (C=O) groups is 2. The van der Waals surface area contributed by atoms with Crippen molar-refractivity contribution in [1.29, 1.82) is 0 Å². The van der Waals surface area contributed by atoms with Crippen LogP contribution in [0, 0.1) is 5.92 Å². The Hall–Kier alpha value is -2.65. The number of piperazine rings is 1. The Morgan fingerprint density at radius 2 is 1.60 bits per heavy atom. The number of hydrogen-bond donors (Lipinski definition) is 0. The van der Waals surface area contributed by atoms with Crippen molar-refractivity contribution in [2.45, 2.75) is 26.1 Å². The number of alkyl halides is 3. The van der Waals surface area contributed by atoms with Gasteiger partial charge in [0.1, 0.15) is 5.75 Å². The van der Waals surface area contributed by atoms with E-state index >= 15 is 0 Å². The highest BCUT2D eigenvalue weighted by Crippen LogP contribution is 2.37. The van der Waals surface area contributed by atoms with Crippen LogP contribution in [-0.2, 0) is 9.59 Å². The molecule has 190 valence electrons. The summed E-state index contributed by atoms with van der Waals surface area (Å²) in [5, 5.41) is 0.830. The molecule has 2 aromatic carbocycles. The number of para-hydroxylation sites is 1. The Morgan fingerprint density at radius 1 is 1.00 bits per heavy atom. The fraction of sp³-hybridized carbons (Fsp3) is 0.417. The highest BCUT2D eigenvalue weighted by atomic mass is 35.5. The number of amides is 2. The van der Waals surface area contributed by atoms with Crippen molar-refractivity contribution in [2.24, 2.45) is 5.92 Å². The minimum Gasteiger partial charge on any atom is -0.495 e. The van der Waals surface area contributed by atoms with Crippen molar-refractivity contribution in [3.63, 3.8) is 0 Å². The summed E-state index contributed by atoms with van der Waals surface area (Å²) in [6, 6.07) is 9.86. The number of carbonyl (C=O) groups excluding carboxylic acids is 2. The van der Waals surface area contributed by atoms with Gasteiger partial charge in [-0.15, -0.1) is 0 Å². The van der Waals surface area contributed by atoms with Crippen LogP contribution in [0.5, 0.6) is 5.75 Å². The quantitative estimate of drug-likeness (QED) is 0.509. The van der Waals surface area contributed by atoms with E-state index in [0.717, 1.165) is 0 Å². The molecule has 0 radical (unpaired) electrons. The van der Waals surface area contributed by atoms with Crippen LogP contribution in [0.2, 0.25) is 10.0 Å². The normalized spacial score (nSPS) is 16.0. The van der Waals surface area contributed by atoms with Crippen molar-refractivity contribution in [3.05, 3.63) is 52.5 Å². The van der Waals surface area contributed by atoms with E-state index in [0.29, 0.717) is 52.6 Å². The van der Waals surface area contributed by atoms with Gasteiger partial charge in [0.15, 0.2) is 0 Å². The van der Waals surface area contributed by atoms with E-state index in [1.54, 1.807) is 42.2 Å². The number of rotatable bonds is 6. The summed E-state index contributed by atoms with van der Waals surface area (Å²) in [4.78, 5) is 29.7. The lowest BCUT2D eigenvalue weighted by Crippen LogP contribution is -2.55. The third-order valence-electron chi connectivity index (χ3n) is 6.17. The minimum absolute atomic E-state index is 0.0816. The molecule has 2 unspecified atom stereocenters. The molecule has 1 aliphatic heterocycles. The van der Waals surface area contributed by atoms with Crippen LogP contribution in [0.3, 0.4) is 0 Å². The van der Waals surface area contributed by atoms with Crippen molar-refractivity contribution < 1.29 is 27.5 Å². The summed E-state index contributed by atoms with van der Waals surface area (Å²) in [6.45, 7) is 4.60. The smallest absolute Gasteiger partial charge is 0.471 e. The average Bonchev–Trinajstić information content (AvgIpc) is 2.83. The molecule has 6 nitrogen and oxygen atoms in total. The van der Waals surface area contributed by atoms with Gasteiger partial charge < -0.3 is 19.4 Å². The maximum atomic E-state index is 13.4. The van der Waals surface area contributed by atoms with Crippen molar-refractivity contribution in [2.75, 3.05) is 43.1 Å². The molecule has 1 aliphatic rings. The molecule has 2 amide bonds. The van der Waals surface area contributed by atoms with E-state index in [9.17, 15) is 22.8 Å². The van der Waals surface area contributed by atoms with Crippen LogP contribution >= 0.6 is 23.2 Å². The van der Waals surface area contributed by atoms with Gasteiger partial charge in [-0.2, -0.15) is 13.2 Å². The number of ether oxygens (including phenoxy) is 1. The van der Waals surface area contributed by atoms with Gasteiger partial charge in [0.2, 0.25) is 5.91 Å². The molecule has 0 aromatic heterocycles. The SMILES string of the molecule is COc1cc(N2CCN(C(=O)C(C)C(C)N(C(=O)C(F)(F)F)c3ccccc3)CC2)c(Cl)cc1Cl. The number of anilines is 2. The molecule has 3 rings (SSSR count). The van der Waals surface area contributed by atoms with E-state index in [-0.39, 0.29) is 11.6 Å². The molecule has 1 fully saturated rings. The molecule has 0 N–H and O–H groups in total. The van der Waals surface area contributed by atoms with Gasteiger partial charge in [-0.1, -0.05) is 48.3 Å². The maximum absolute atomic E-state index is 13.4. The number of nitrogens with zero attached hydrogens (tertiary/aromatic N) is 3. The number of methoxy groups -OCH3 is 1. The predicted octanol–water partition coefficient (Wildman–Crippen LogP) is 5.27. The standard InChI is InChI=1S/C24H26Cl2F3N3O3/c1-15(16(2)32(23(34)24(27,28)29)17-7-5-4-6-8-17)22(33)31-11-9-30(10-12-31)20-14-21(35-3)19(26)13-18(20)25/h4-8,13-16H,9-12H2,1-3H3. The number of benzene rings is 2. The van der Waals surface area contributed by atoms with Crippen LogP contribution < -0.4 is 14.5 Å². The summed E-state index contributed by atoms with van der Waals surface area (Å²) in [5.41, 5.74) is 0.797. The zero-order chi connectivity index (χ0) is 25.9. The predicted molar refractivity (Wildman–Crippen MR) is 130 cm³/mol. The van der Waals surface area contributed by atoms with Gasteiger partial charge in [0, 0.05) is 44.0 Å². The molecule has 0 bridgehead atoms. The molecule has 11 heteroatoms. The van der Waals surface area contributed by atoms with E-state index < -0.39 is 24.0 Å². The molecule has 1 saturated heterocycles. The second kappa shape index (κ2) is 11.0. The molecule has 1 heterocycles. The van der Waals surface area contributed by atoms with E-state index in [2.05, 4.69) is 0 Å². The van der Waals surface area contributed by atoms with Crippen molar-refractivity contribution in [1.82, 2.24) is 4.90 Å². The Bertz CT molecular complexity index is 1060. The highest BCUT2D eigenvalue weighted by molar-refractivity contribution is 6.37. The summed E-state index contributed by atoms with van der Waals surface area (Å²) in [7, 11) is 1.50. The first kappa shape index (κ1) is 26.9. The minimum atomic E-state index is -5.07. The maximum Gasteiger partial charge on any atom is 0.471 e. The summed E-state index contributed by atoms with van der Waals surface area (Å²) < 4.78 is 45.3. The van der Waals surface area contributed by atoms with Crippen LogP contribution in [0.1, 0.15) is 13.8 Å². The molecule has 0 aliphatic carbocycles. The first-order chi connectivity index (χ1) is 16.5. The van der Waals surface area contributed by atoms with Crippen molar-refractivity contribution >= 4 is 46.4 Å². The zero-order valence-corrected chi connectivity index (χ0v) is 21.0. The topological polar surface area (TPSA) is 53.1 Å². The zero-order valence-electron chi connectivity index (χ0n) is 19.5.